The minimum absolute atomic E-state index is 0.346. The van der Waals surface area contributed by atoms with Gasteiger partial charge in [0.2, 0.25) is 0 Å². The summed E-state index contributed by atoms with van der Waals surface area (Å²) in [6.45, 7) is 1.90. The Balaban J connectivity index is 1.78. The highest BCUT2D eigenvalue weighted by Gasteiger charge is 2.11. The third kappa shape index (κ3) is 7.31. The number of carbonyl (C=O) groups excluding carboxylic acids is 3. The van der Waals surface area contributed by atoms with Gasteiger partial charge in [-0.05, 0) is 31.2 Å². The fourth-order valence-corrected chi connectivity index (χ4v) is 2.41. The number of urea groups is 2. The molecule has 2 rings (SSSR count). The van der Waals surface area contributed by atoms with E-state index < -0.39 is 18.0 Å². The minimum Gasteiger partial charge on any atom is -0.497 e. The van der Waals surface area contributed by atoms with E-state index in [-0.39, 0.29) is 6.54 Å². The summed E-state index contributed by atoms with van der Waals surface area (Å²) in [6, 6.07) is 10.4. The summed E-state index contributed by atoms with van der Waals surface area (Å²) in [4.78, 5) is 35.9. The van der Waals surface area contributed by atoms with Gasteiger partial charge < -0.3 is 30.2 Å². The summed E-state index contributed by atoms with van der Waals surface area (Å²) in [7, 11) is 2.95. The maximum Gasteiger partial charge on any atom is 0.338 e. The second kappa shape index (κ2) is 11.8. The number of methoxy groups -OCH3 is 2. The molecule has 0 heterocycles. The normalized spacial score (nSPS) is 9.77. The van der Waals surface area contributed by atoms with Crippen molar-refractivity contribution in [2.45, 2.75) is 6.92 Å². The summed E-state index contributed by atoms with van der Waals surface area (Å²) in [5.74, 6) is 0.797. The number of hydrogen-bond acceptors (Lipinski definition) is 6. The van der Waals surface area contributed by atoms with E-state index in [2.05, 4.69) is 26.8 Å². The molecule has 0 aromatic heterocycles. The maximum atomic E-state index is 12.0. The molecule has 2 aromatic carbocycles. The molecule has 31 heavy (non-hydrogen) atoms. The molecule has 0 bridgehead atoms. The first kappa shape index (κ1) is 23.1. The summed E-state index contributed by atoms with van der Waals surface area (Å²) in [6.07, 6.45) is 0. The van der Waals surface area contributed by atoms with Crippen LogP contribution < -0.4 is 41.0 Å². The van der Waals surface area contributed by atoms with E-state index in [4.69, 9.17) is 14.2 Å². The van der Waals surface area contributed by atoms with E-state index in [1.54, 1.807) is 42.5 Å². The van der Waals surface area contributed by atoms with Gasteiger partial charge in [-0.1, -0.05) is 12.1 Å². The number of carbonyl (C=O) groups is 3. The van der Waals surface area contributed by atoms with Crippen LogP contribution in [0.2, 0.25) is 0 Å². The van der Waals surface area contributed by atoms with Crippen LogP contribution in [0.4, 0.5) is 21.0 Å². The third-order valence-electron chi connectivity index (χ3n) is 3.81. The highest BCUT2D eigenvalue weighted by molar-refractivity contribution is 5.95. The van der Waals surface area contributed by atoms with Gasteiger partial charge >= 0.3 is 12.1 Å². The van der Waals surface area contributed by atoms with Crippen molar-refractivity contribution in [1.82, 2.24) is 16.2 Å². The fraction of sp³-hybridized carbons (Fsp3) is 0.250. The zero-order valence-corrected chi connectivity index (χ0v) is 17.4. The van der Waals surface area contributed by atoms with Crippen molar-refractivity contribution < 1.29 is 28.6 Å². The Labute approximate surface area is 179 Å². The highest BCUT2D eigenvalue weighted by Crippen LogP contribution is 2.28. The lowest BCUT2D eigenvalue weighted by molar-refractivity contribution is -0.120. The number of para-hydroxylation sites is 2. The predicted octanol–water partition coefficient (Wildman–Crippen LogP) is 2.08. The van der Waals surface area contributed by atoms with Crippen LogP contribution in [-0.4, -0.2) is 45.3 Å². The molecule has 0 atom stereocenters. The molecule has 0 spiro atoms. The number of nitrogens with one attached hydrogen (secondary N) is 5. The quantitative estimate of drug-likeness (QED) is 0.406. The minimum atomic E-state index is -0.713. The van der Waals surface area contributed by atoms with E-state index in [0.29, 0.717) is 35.2 Å². The van der Waals surface area contributed by atoms with Crippen molar-refractivity contribution >= 4 is 29.3 Å². The predicted molar refractivity (Wildman–Crippen MR) is 114 cm³/mol. The molecule has 0 aliphatic heterocycles. The lowest BCUT2D eigenvalue weighted by Crippen LogP contribution is -2.48. The Kier molecular flexibility index (Phi) is 8.77. The summed E-state index contributed by atoms with van der Waals surface area (Å²) in [5.41, 5.74) is 5.17. The molecule has 0 aliphatic carbocycles. The number of hydrazine groups is 1. The topological polar surface area (TPSA) is 139 Å². The molecule has 5 N–H and O–H groups in total. The van der Waals surface area contributed by atoms with Gasteiger partial charge in [0.15, 0.2) is 0 Å². The number of anilines is 2. The smallest absolute Gasteiger partial charge is 0.338 e. The molecular formula is C20H25N5O6. The second-order valence-electron chi connectivity index (χ2n) is 5.93. The molecule has 5 amide bonds. The van der Waals surface area contributed by atoms with Crippen LogP contribution in [0.5, 0.6) is 17.2 Å². The van der Waals surface area contributed by atoms with Crippen molar-refractivity contribution in [3.8, 4) is 17.2 Å². The molecular weight excluding hydrogens is 406 g/mol. The molecule has 0 saturated carbocycles. The number of hydrogen-bond donors (Lipinski definition) is 5. The van der Waals surface area contributed by atoms with Crippen molar-refractivity contribution in [3.05, 3.63) is 42.5 Å². The number of ether oxygens (including phenoxy) is 3. The highest BCUT2D eigenvalue weighted by atomic mass is 16.5. The van der Waals surface area contributed by atoms with Gasteiger partial charge in [-0.3, -0.25) is 10.2 Å². The Bertz CT molecular complexity index is 921. The summed E-state index contributed by atoms with van der Waals surface area (Å²) in [5, 5.41) is 7.50. The monoisotopic (exact) mass is 431 g/mol. The largest absolute Gasteiger partial charge is 0.497 e. The van der Waals surface area contributed by atoms with E-state index in [9.17, 15) is 14.4 Å². The molecule has 0 fully saturated rings. The van der Waals surface area contributed by atoms with Crippen LogP contribution in [0.3, 0.4) is 0 Å². The van der Waals surface area contributed by atoms with Crippen molar-refractivity contribution in [1.29, 1.82) is 0 Å². The fourth-order valence-electron chi connectivity index (χ4n) is 2.41. The molecule has 166 valence electrons. The average Bonchev–Trinajstić information content (AvgIpc) is 2.77. The molecule has 0 unspecified atom stereocenters. The van der Waals surface area contributed by atoms with Crippen LogP contribution in [0, 0.1) is 0 Å². The van der Waals surface area contributed by atoms with Crippen LogP contribution in [-0.2, 0) is 4.79 Å². The van der Waals surface area contributed by atoms with Gasteiger partial charge in [0.05, 0.1) is 32.2 Å². The maximum absolute atomic E-state index is 12.0. The lowest BCUT2D eigenvalue weighted by Gasteiger charge is -2.13. The first-order valence-corrected chi connectivity index (χ1v) is 9.31. The van der Waals surface area contributed by atoms with Gasteiger partial charge in [-0.2, -0.15) is 0 Å². The van der Waals surface area contributed by atoms with E-state index >= 15 is 0 Å². The number of amides is 5. The molecule has 0 radical (unpaired) electrons. The second-order valence-corrected chi connectivity index (χ2v) is 5.93. The number of benzene rings is 2. The van der Waals surface area contributed by atoms with Gasteiger partial charge in [0.25, 0.3) is 5.91 Å². The lowest BCUT2D eigenvalue weighted by atomic mass is 10.2. The van der Waals surface area contributed by atoms with Crippen LogP contribution >= 0.6 is 0 Å². The summed E-state index contributed by atoms with van der Waals surface area (Å²) >= 11 is 0. The van der Waals surface area contributed by atoms with Gasteiger partial charge in [-0.15, -0.1) is 0 Å². The molecule has 2 aromatic rings. The van der Waals surface area contributed by atoms with E-state index in [1.165, 1.54) is 14.2 Å². The standard InChI is InChI=1S/C20H25N5O6/c1-4-31-17-8-6-5-7-14(17)22-19(27)21-12-18(26)24-25-20(28)23-15-11-13(29-2)9-10-16(15)30-3/h5-11H,4,12H2,1-3H3,(H,24,26)(H2,21,22,27)(H2,23,25,28). The van der Waals surface area contributed by atoms with Gasteiger partial charge in [0, 0.05) is 6.07 Å². The molecule has 0 saturated heterocycles. The van der Waals surface area contributed by atoms with Crippen molar-refractivity contribution in [3.63, 3.8) is 0 Å². The van der Waals surface area contributed by atoms with Crippen LogP contribution in [0.15, 0.2) is 42.5 Å². The zero-order chi connectivity index (χ0) is 22.6. The average molecular weight is 431 g/mol. The van der Waals surface area contributed by atoms with E-state index in [1.807, 2.05) is 6.92 Å². The van der Waals surface area contributed by atoms with Crippen molar-refractivity contribution in [2.24, 2.45) is 0 Å². The first-order valence-electron chi connectivity index (χ1n) is 9.31. The molecule has 0 aliphatic rings. The van der Waals surface area contributed by atoms with Crippen molar-refractivity contribution in [2.75, 3.05) is 38.0 Å². The SMILES string of the molecule is CCOc1ccccc1NC(=O)NCC(=O)NNC(=O)Nc1cc(OC)ccc1OC. The first-order chi connectivity index (χ1) is 15.0. The van der Waals surface area contributed by atoms with Gasteiger partial charge in [-0.25, -0.2) is 15.0 Å². The third-order valence-corrected chi connectivity index (χ3v) is 3.81. The van der Waals surface area contributed by atoms with Crippen LogP contribution in [0.25, 0.3) is 0 Å². The van der Waals surface area contributed by atoms with E-state index in [0.717, 1.165) is 0 Å². The Hall–Kier alpha value is -4.15. The Morgan fingerprint density at radius 3 is 2.29 bits per heavy atom. The van der Waals surface area contributed by atoms with Gasteiger partial charge in [0.1, 0.15) is 23.8 Å². The Morgan fingerprint density at radius 1 is 0.839 bits per heavy atom. The zero-order valence-electron chi connectivity index (χ0n) is 17.4. The molecule has 11 heteroatoms. The molecule has 11 nitrogen and oxygen atoms in total. The summed E-state index contributed by atoms with van der Waals surface area (Å²) < 4.78 is 15.7. The number of rotatable bonds is 8. The van der Waals surface area contributed by atoms with Crippen LogP contribution in [0.1, 0.15) is 6.92 Å². The Morgan fingerprint density at radius 2 is 1.58 bits per heavy atom.